The van der Waals surface area contributed by atoms with E-state index >= 15 is 0 Å². The van der Waals surface area contributed by atoms with E-state index in [0.29, 0.717) is 0 Å². The molecular formula is C14H28N2. The Balaban J connectivity index is 1.88. The fourth-order valence-electron chi connectivity index (χ4n) is 3.59. The molecule has 0 bridgehead atoms. The molecule has 5 unspecified atom stereocenters. The molecule has 1 N–H and O–H groups in total. The highest BCUT2D eigenvalue weighted by Crippen LogP contribution is 2.42. The summed E-state index contributed by atoms with van der Waals surface area (Å²) in [5, 5.41) is 3.47. The minimum atomic E-state index is 0.731. The Hall–Kier alpha value is -0.0800. The number of hydrogen-bond acceptors (Lipinski definition) is 2. The summed E-state index contributed by atoms with van der Waals surface area (Å²) in [6.45, 7) is 8.46. The Kier molecular flexibility index (Phi) is 3.91. The summed E-state index contributed by atoms with van der Waals surface area (Å²) in [5.41, 5.74) is 0. The summed E-state index contributed by atoms with van der Waals surface area (Å²) in [7, 11) is 2.11. The molecule has 0 aromatic rings. The maximum atomic E-state index is 3.47. The van der Waals surface area contributed by atoms with Crippen molar-refractivity contribution in [2.24, 2.45) is 11.8 Å². The third kappa shape index (κ3) is 2.28. The zero-order valence-corrected chi connectivity index (χ0v) is 11.4. The van der Waals surface area contributed by atoms with E-state index in [0.717, 1.165) is 30.0 Å². The predicted octanol–water partition coefficient (Wildman–Crippen LogP) is 2.49. The highest BCUT2D eigenvalue weighted by Gasteiger charge is 2.45. The second-order valence-corrected chi connectivity index (χ2v) is 5.87. The van der Waals surface area contributed by atoms with Gasteiger partial charge in [0.05, 0.1) is 0 Å². The lowest BCUT2D eigenvalue weighted by molar-refractivity contribution is 0.0754. The molecule has 94 valence electrons. The molecule has 2 nitrogen and oxygen atoms in total. The molecule has 1 aliphatic carbocycles. The average Bonchev–Trinajstić information content (AvgIpc) is 3.02. The average molecular weight is 224 g/mol. The van der Waals surface area contributed by atoms with Crippen LogP contribution in [0.25, 0.3) is 0 Å². The molecule has 2 aliphatic rings. The van der Waals surface area contributed by atoms with Gasteiger partial charge < -0.3 is 5.32 Å². The van der Waals surface area contributed by atoms with E-state index in [-0.39, 0.29) is 0 Å². The summed E-state index contributed by atoms with van der Waals surface area (Å²) in [6.07, 6.45) is 5.60. The minimum absolute atomic E-state index is 0.731. The van der Waals surface area contributed by atoms with Crippen LogP contribution in [-0.2, 0) is 0 Å². The first-order valence-corrected chi connectivity index (χ1v) is 7.12. The fourth-order valence-corrected chi connectivity index (χ4v) is 3.59. The quantitative estimate of drug-likeness (QED) is 0.789. The molecule has 0 aromatic heterocycles. The molecule has 2 fully saturated rings. The highest BCUT2D eigenvalue weighted by atomic mass is 15.2. The molecule has 1 saturated carbocycles. The van der Waals surface area contributed by atoms with Crippen molar-refractivity contribution >= 4 is 0 Å². The van der Waals surface area contributed by atoms with Gasteiger partial charge in [-0.25, -0.2) is 0 Å². The molecule has 0 aromatic carbocycles. The van der Waals surface area contributed by atoms with E-state index in [9.17, 15) is 0 Å². The normalized spacial score (nSPS) is 44.6. The monoisotopic (exact) mass is 224 g/mol. The second kappa shape index (κ2) is 5.05. The van der Waals surface area contributed by atoms with Gasteiger partial charge in [-0.2, -0.15) is 0 Å². The maximum Gasteiger partial charge on any atom is 0.0130 e. The molecule has 2 heteroatoms. The molecule has 5 atom stereocenters. The standard InChI is InChI=1S/C14H28N2/c1-5-6-12-9-14(12)16-8-7-13(15-4)10(2)11(16)3/h10-15H,5-9H2,1-4H3. The molecule has 16 heavy (non-hydrogen) atoms. The third-order valence-corrected chi connectivity index (χ3v) is 4.96. The van der Waals surface area contributed by atoms with E-state index in [4.69, 9.17) is 0 Å². The van der Waals surface area contributed by atoms with Crippen LogP contribution < -0.4 is 5.32 Å². The third-order valence-electron chi connectivity index (χ3n) is 4.96. The van der Waals surface area contributed by atoms with Crippen molar-refractivity contribution in [3.63, 3.8) is 0 Å². The maximum absolute atomic E-state index is 3.47. The Bertz CT molecular complexity index is 229. The van der Waals surface area contributed by atoms with Crippen molar-refractivity contribution in [1.82, 2.24) is 10.2 Å². The molecule has 0 amide bonds. The first kappa shape index (κ1) is 12.4. The van der Waals surface area contributed by atoms with E-state index in [1.165, 1.54) is 32.2 Å². The second-order valence-electron chi connectivity index (χ2n) is 5.87. The van der Waals surface area contributed by atoms with E-state index in [1.54, 1.807) is 0 Å². The predicted molar refractivity (Wildman–Crippen MR) is 69.6 cm³/mol. The Morgan fingerprint density at radius 2 is 2.06 bits per heavy atom. The van der Waals surface area contributed by atoms with Crippen LogP contribution in [0.15, 0.2) is 0 Å². The topological polar surface area (TPSA) is 15.3 Å². The van der Waals surface area contributed by atoms with Gasteiger partial charge >= 0.3 is 0 Å². The zero-order valence-electron chi connectivity index (χ0n) is 11.4. The van der Waals surface area contributed by atoms with Gasteiger partial charge in [-0.1, -0.05) is 20.3 Å². The molecule has 0 radical (unpaired) electrons. The largest absolute Gasteiger partial charge is 0.317 e. The number of rotatable bonds is 4. The lowest BCUT2D eigenvalue weighted by Crippen LogP contribution is -2.53. The van der Waals surface area contributed by atoms with Gasteiger partial charge in [-0.05, 0) is 45.1 Å². The first-order chi connectivity index (χ1) is 7.69. The summed E-state index contributed by atoms with van der Waals surface area (Å²) in [4.78, 5) is 2.79. The van der Waals surface area contributed by atoms with Crippen molar-refractivity contribution < 1.29 is 0 Å². The molecule has 2 rings (SSSR count). The van der Waals surface area contributed by atoms with Gasteiger partial charge in [-0.3, -0.25) is 4.90 Å². The van der Waals surface area contributed by atoms with Crippen molar-refractivity contribution in [1.29, 1.82) is 0 Å². The van der Waals surface area contributed by atoms with Crippen molar-refractivity contribution in [2.75, 3.05) is 13.6 Å². The number of piperidine rings is 1. The lowest BCUT2D eigenvalue weighted by Gasteiger charge is -2.43. The van der Waals surface area contributed by atoms with Crippen LogP contribution in [-0.4, -0.2) is 36.6 Å². The van der Waals surface area contributed by atoms with Gasteiger partial charge in [0.1, 0.15) is 0 Å². The van der Waals surface area contributed by atoms with Crippen LogP contribution >= 0.6 is 0 Å². The molecule has 1 saturated heterocycles. The van der Waals surface area contributed by atoms with Crippen molar-refractivity contribution in [3.05, 3.63) is 0 Å². The lowest BCUT2D eigenvalue weighted by atomic mass is 9.87. The molecule has 1 heterocycles. The van der Waals surface area contributed by atoms with E-state index < -0.39 is 0 Å². The van der Waals surface area contributed by atoms with Gasteiger partial charge in [0.15, 0.2) is 0 Å². The van der Waals surface area contributed by atoms with Crippen LogP contribution in [0, 0.1) is 11.8 Å². The number of nitrogens with one attached hydrogen (secondary N) is 1. The highest BCUT2D eigenvalue weighted by molar-refractivity contribution is 5.00. The summed E-state index contributed by atoms with van der Waals surface area (Å²) in [6, 6.07) is 2.42. The SMILES string of the molecule is CCCC1CC1N1CCC(NC)C(C)C1C. The van der Waals surface area contributed by atoms with Crippen LogP contribution in [0.2, 0.25) is 0 Å². The Morgan fingerprint density at radius 3 is 2.69 bits per heavy atom. The van der Waals surface area contributed by atoms with Crippen LogP contribution in [0.4, 0.5) is 0 Å². The Labute approximate surface area is 101 Å². The zero-order chi connectivity index (χ0) is 11.7. The van der Waals surface area contributed by atoms with Gasteiger partial charge in [0.25, 0.3) is 0 Å². The first-order valence-electron chi connectivity index (χ1n) is 7.12. The van der Waals surface area contributed by atoms with E-state index in [1.807, 2.05) is 0 Å². The fraction of sp³-hybridized carbons (Fsp3) is 1.00. The minimum Gasteiger partial charge on any atom is -0.317 e. The van der Waals surface area contributed by atoms with E-state index in [2.05, 4.69) is 38.0 Å². The molecular weight excluding hydrogens is 196 g/mol. The molecule has 0 spiro atoms. The summed E-state index contributed by atoms with van der Waals surface area (Å²) >= 11 is 0. The number of likely N-dealkylation sites (tertiary alicyclic amines) is 1. The van der Waals surface area contributed by atoms with Gasteiger partial charge in [0.2, 0.25) is 0 Å². The van der Waals surface area contributed by atoms with Crippen molar-refractivity contribution in [2.45, 2.75) is 64.6 Å². The smallest absolute Gasteiger partial charge is 0.0130 e. The Morgan fingerprint density at radius 1 is 1.31 bits per heavy atom. The summed E-state index contributed by atoms with van der Waals surface area (Å²) in [5.74, 6) is 1.81. The van der Waals surface area contributed by atoms with Gasteiger partial charge in [0, 0.05) is 24.7 Å². The van der Waals surface area contributed by atoms with Crippen LogP contribution in [0.1, 0.15) is 46.5 Å². The van der Waals surface area contributed by atoms with Gasteiger partial charge in [-0.15, -0.1) is 0 Å². The number of nitrogens with zero attached hydrogens (tertiary/aromatic N) is 1. The number of hydrogen-bond donors (Lipinski definition) is 1. The molecule has 1 aliphatic heterocycles. The van der Waals surface area contributed by atoms with Crippen LogP contribution in [0.5, 0.6) is 0 Å². The summed E-state index contributed by atoms with van der Waals surface area (Å²) < 4.78 is 0. The van der Waals surface area contributed by atoms with Crippen molar-refractivity contribution in [3.8, 4) is 0 Å². The van der Waals surface area contributed by atoms with Crippen LogP contribution in [0.3, 0.4) is 0 Å².